The Labute approximate surface area is 202 Å². The predicted molar refractivity (Wildman–Crippen MR) is 129 cm³/mol. The Morgan fingerprint density at radius 1 is 0.800 bits per heavy atom. The smallest absolute Gasteiger partial charge is 0.407 e. The van der Waals surface area contributed by atoms with Crippen LogP contribution in [-0.4, -0.2) is 42.5 Å². The number of amides is 2. The van der Waals surface area contributed by atoms with E-state index in [1.165, 1.54) is 0 Å². The summed E-state index contributed by atoms with van der Waals surface area (Å²) in [7, 11) is 0. The maximum atomic E-state index is 12.4. The summed E-state index contributed by atoms with van der Waals surface area (Å²) in [5.41, 5.74) is 5.17. The molecule has 3 aromatic carbocycles. The van der Waals surface area contributed by atoms with Crippen LogP contribution in [0.5, 0.6) is 0 Å². The third kappa shape index (κ3) is 5.97. The third-order valence-electron chi connectivity index (χ3n) is 5.85. The molecule has 0 radical (unpaired) electrons. The number of benzene rings is 3. The Kier molecular flexibility index (Phi) is 7.62. The number of hydrogen-bond acceptors (Lipinski definition) is 5. The van der Waals surface area contributed by atoms with E-state index in [4.69, 9.17) is 9.47 Å². The van der Waals surface area contributed by atoms with Crippen molar-refractivity contribution in [3.05, 3.63) is 95.6 Å². The number of carbonyl (C=O) groups is 3. The molecule has 3 N–H and O–H groups in total. The fourth-order valence-corrected chi connectivity index (χ4v) is 4.13. The lowest BCUT2D eigenvalue weighted by Crippen LogP contribution is -2.43. The number of carboxylic acids is 1. The number of ether oxygens (including phenoxy) is 2. The Morgan fingerprint density at radius 3 is 2.03 bits per heavy atom. The van der Waals surface area contributed by atoms with Gasteiger partial charge in [-0.05, 0) is 34.2 Å². The van der Waals surface area contributed by atoms with Gasteiger partial charge in [0.1, 0.15) is 19.3 Å². The molecule has 1 atom stereocenters. The van der Waals surface area contributed by atoms with E-state index in [0.29, 0.717) is 0 Å². The van der Waals surface area contributed by atoms with Crippen molar-refractivity contribution in [1.82, 2.24) is 10.6 Å². The minimum absolute atomic E-state index is 0.00818. The number of fused-ring (bicyclic) bond motifs is 3. The van der Waals surface area contributed by atoms with Crippen LogP contribution >= 0.6 is 0 Å². The van der Waals surface area contributed by atoms with Crippen LogP contribution in [0.1, 0.15) is 29.0 Å². The molecule has 4 rings (SSSR count). The summed E-state index contributed by atoms with van der Waals surface area (Å²) < 4.78 is 10.5. The molecule has 0 spiro atoms. The van der Waals surface area contributed by atoms with E-state index >= 15 is 0 Å². The minimum atomic E-state index is -1.22. The molecule has 2 amide bonds. The summed E-state index contributed by atoms with van der Waals surface area (Å²) in [6.07, 6.45) is -1.52. The number of rotatable bonds is 9. The summed E-state index contributed by atoms with van der Waals surface area (Å²) in [4.78, 5) is 35.8. The predicted octanol–water partition coefficient (Wildman–Crippen LogP) is 4.29. The highest BCUT2D eigenvalue weighted by molar-refractivity contribution is 5.81. The number of alkyl carbamates (subject to hydrolysis) is 2. The van der Waals surface area contributed by atoms with Crippen molar-refractivity contribution < 1.29 is 29.0 Å². The van der Waals surface area contributed by atoms with E-state index in [9.17, 15) is 19.5 Å². The number of carbonyl (C=O) groups excluding carboxylic acids is 2. The second-order valence-corrected chi connectivity index (χ2v) is 8.14. The first-order valence-electron chi connectivity index (χ1n) is 11.3. The van der Waals surface area contributed by atoms with Crippen LogP contribution in [0.4, 0.5) is 9.59 Å². The quantitative estimate of drug-likeness (QED) is 0.426. The van der Waals surface area contributed by atoms with Gasteiger partial charge in [0.2, 0.25) is 0 Å². The molecule has 0 unspecified atom stereocenters. The maximum Gasteiger partial charge on any atom is 0.407 e. The Morgan fingerprint density at radius 2 is 1.40 bits per heavy atom. The Balaban J connectivity index is 1.25. The largest absolute Gasteiger partial charge is 0.480 e. The molecular formula is C27H26N2O6. The summed E-state index contributed by atoms with van der Waals surface area (Å²) in [5, 5.41) is 14.3. The van der Waals surface area contributed by atoms with Crippen LogP contribution in [0, 0.1) is 0 Å². The molecule has 1 aliphatic carbocycles. The zero-order valence-electron chi connectivity index (χ0n) is 19.0. The molecule has 180 valence electrons. The van der Waals surface area contributed by atoms with Gasteiger partial charge in [-0.1, -0.05) is 78.9 Å². The van der Waals surface area contributed by atoms with Crippen molar-refractivity contribution >= 4 is 18.2 Å². The van der Waals surface area contributed by atoms with E-state index in [2.05, 4.69) is 10.6 Å². The number of hydrogen-bond donors (Lipinski definition) is 3. The van der Waals surface area contributed by atoms with Crippen molar-refractivity contribution in [2.45, 2.75) is 25.0 Å². The van der Waals surface area contributed by atoms with Crippen molar-refractivity contribution in [3.8, 4) is 11.1 Å². The lowest BCUT2D eigenvalue weighted by molar-refractivity contribution is -0.139. The van der Waals surface area contributed by atoms with E-state index in [-0.39, 0.29) is 32.1 Å². The highest BCUT2D eigenvalue weighted by Gasteiger charge is 2.29. The van der Waals surface area contributed by atoms with Gasteiger partial charge in [-0.15, -0.1) is 0 Å². The summed E-state index contributed by atoms with van der Waals surface area (Å²) in [6.45, 7) is 0.192. The van der Waals surface area contributed by atoms with Gasteiger partial charge in [0.05, 0.1) is 0 Å². The van der Waals surface area contributed by atoms with Crippen molar-refractivity contribution in [2.24, 2.45) is 0 Å². The minimum Gasteiger partial charge on any atom is -0.480 e. The number of aliphatic carboxylic acids is 1. The molecule has 0 bridgehead atoms. The number of nitrogens with one attached hydrogen (secondary N) is 2. The van der Waals surface area contributed by atoms with Gasteiger partial charge in [-0.25, -0.2) is 14.4 Å². The lowest BCUT2D eigenvalue weighted by atomic mass is 9.98. The van der Waals surface area contributed by atoms with Crippen molar-refractivity contribution in [1.29, 1.82) is 0 Å². The van der Waals surface area contributed by atoms with E-state index in [1.807, 2.05) is 78.9 Å². The highest BCUT2D eigenvalue weighted by atomic mass is 16.6. The number of carboxylic acid groups (broad SMARTS) is 1. The Hall–Kier alpha value is -4.33. The summed E-state index contributed by atoms with van der Waals surface area (Å²) >= 11 is 0. The van der Waals surface area contributed by atoms with Crippen LogP contribution in [0.15, 0.2) is 78.9 Å². The molecule has 3 aromatic rings. The monoisotopic (exact) mass is 474 g/mol. The lowest BCUT2D eigenvalue weighted by Gasteiger charge is -2.17. The zero-order chi connectivity index (χ0) is 24.6. The van der Waals surface area contributed by atoms with Gasteiger partial charge < -0.3 is 25.2 Å². The first kappa shape index (κ1) is 23.8. The standard InChI is InChI=1S/C27H26N2O6/c30-25(31)24(14-15-28-26(32)34-16-18-8-2-1-3-9-18)29-27(33)35-17-23-21-12-6-4-10-19(21)20-11-5-7-13-22(20)23/h1-13,23-24H,14-17H2,(H,28,32)(H,29,33)(H,30,31)/t24-/m0/s1. The first-order valence-corrected chi connectivity index (χ1v) is 11.3. The summed E-state index contributed by atoms with van der Waals surface area (Å²) in [5.74, 6) is -1.35. The molecule has 0 aromatic heterocycles. The van der Waals surface area contributed by atoms with Gasteiger partial charge in [-0.3, -0.25) is 0 Å². The molecule has 8 nitrogen and oxygen atoms in total. The van der Waals surface area contributed by atoms with Gasteiger partial charge >= 0.3 is 18.2 Å². The van der Waals surface area contributed by atoms with E-state index in [0.717, 1.165) is 27.8 Å². The molecule has 35 heavy (non-hydrogen) atoms. The molecule has 1 aliphatic rings. The first-order chi connectivity index (χ1) is 17.0. The van der Waals surface area contributed by atoms with Crippen molar-refractivity contribution in [2.75, 3.05) is 13.2 Å². The molecular weight excluding hydrogens is 448 g/mol. The molecule has 0 heterocycles. The fourth-order valence-electron chi connectivity index (χ4n) is 4.13. The topological polar surface area (TPSA) is 114 Å². The third-order valence-corrected chi connectivity index (χ3v) is 5.85. The van der Waals surface area contributed by atoms with E-state index in [1.54, 1.807) is 0 Å². The SMILES string of the molecule is O=C(NCC[C@H](NC(=O)OCC1c2ccccc2-c2ccccc21)C(=O)O)OCc1ccccc1. The molecule has 0 saturated heterocycles. The van der Waals surface area contributed by atoms with Crippen LogP contribution < -0.4 is 10.6 Å². The van der Waals surface area contributed by atoms with Crippen LogP contribution in [0.25, 0.3) is 11.1 Å². The molecule has 8 heteroatoms. The summed E-state index contributed by atoms with van der Waals surface area (Å²) in [6, 6.07) is 23.9. The second-order valence-electron chi connectivity index (χ2n) is 8.14. The van der Waals surface area contributed by atoms with Gasteiger partial charge in [-0.2, -0.15) is 0 Å². The fraction of sp³-hybridized carbons (Fsp3) is 0.222. The van der Waals surface area contributed by atoms with Gasteiger partial charge in [0.25, 0.3) is 0 Å². The van der Waals surface area contributed by atoms with Crippen LogP contribution in [0.3, 0.4) is 0 Å². The van der Waals surface area contributed by atoms with Crippen molar-refractivity contribution in [3.63, 3.8) is 0 Å². The van der Waals surface area contributed by atoms with Gasteiger partial charge in [0, 0.05) is 12.5 Å². The normalized spacial score (nSPS) is 12.7. The van der Waals surface area contributed by atoms with Crippen LogP contribution in [-0.2, 0) is 20.9 Å². The molecule has 0 aliphatic heterocycles. The van der Waals surface area contributed by atoms with E-state index < -0.39 is 24.2 Å². The Bertz CT molecular complexity index is 1150. The molecule has 0 saturated carbocycles. The average Bonchev–Trinajstić information content (AvgIpc) is 3.20. The maximum absolute atomic E-state index is 12.4. The van der Waals surface area contributed by atoms with Gasteiger partial charge in [0.15, 0.2) is 0 Å². The zero-order valence-corrected chi connectivity index (χ0v) is 19.0. The van der Waals surface area contributed by atoms with Crippen LogP contribution in [0.2, 0.25) is 0 Å². The average molecular weight is 475 g/mol. The second kappa shape index (κ2) is 11.2. The molecule has 0 fully saturated rings. The highest BCUT2D eigenvalue weighted by Crippen LogP contribution is 2.44.